The first-order valence-electron chi connectivity index (χ1n) is 6.67. The molecule has 0 heterocycles. The molecule has 2 unspecified atom stereocenters. The lowest BCUT2D eigenvalue weighted by Crippen LogP contribution is -2.48. The summed E-state index contributed by atoms with van der Waals surface area (Å²) in [6, 6.07) is 0.237. The van der Waals surface area contributed by atoms with E-state index >= 15 is 0 Å². The molecule has 2 aliphatic carbocycles. The number of hydrogen-bond donors (Lipinski definition) is 2. The highest BCUT2D eigenvalue weighted by atomic mass is 16.2. The van der Waals surface area contributed by atoms with E-state index in [4.69, 9.17) is 5.73 Å². The highest BCUT2D eigenvalue weighted by molar-refractivity contribution is 5.79. The molecule has 0 aromatic heterocycles. The van der Waals surface area contributed by atoms with Crippen molar-refractivity contribution in [2.24, 2.45) is 11.7 Å². The summed E-state index contributed by atoms with van der Waals surface area (Å²) in [5.74, 6) is 0.417. The summed E-state index contributed by atoms with van der Waals surface area (Å²) in [6.07, 6.45) is 8.87. The van der Waals surface area contributed by atoms with Gasteiger partial charge in [-0.1, -0.05) is 19.3 Å². The first kappa shape index (κ1) is 11.9. The van der Waals surface area contributed by atoms with E-state index in [0.717, 1.165) is 38.5 Å². The van der Waals surface area contributed by atoms with Crippen LogP contribution in [-0.4, -0.2) is 17.5 Å². The van der Waals surface area contributed by atoms with Crippen molar-refractivity contribution >= 4 is 5.91 Å². The second kappa shape index (κ2) is 4.74. The van der Waals surface area contributed by atoms with Crippen LogP contribution in [0.4, 0.5) is 0 Å². The number of carbonyl (C=O) groups excluding carboxylic acids is 1. The number of amides is 1. The van der Waals surface area contributed by atoms with Gasteiger partial charge in [-0.05, 0) is 39.0 Å². The minimum Gasteiger partial charge on any atom is -0.351 e. The molecule has 0 spiro atoms. The zero-order chi connectivity index (χ0) is 11.6. The molecular weight excluding hydrogens is 200 g/mol. The highest BCUT2D eigenvalue weighted by Gasteiger charge is 2.33. The lowest BCUT2D eigenvalue weighted by atomic mass is 9.85. The lowest BCUT2D eigenvalue weighted by Gasteiger charge is -2.31. The molecule has 0 saturated heterocycles. The summed E-state index contributed by atoms with van der Waals surface area (Å²) in [5.41, 5.74) is 5.99. The zero-order valence-corrected chi connectivity index (χ0v) is 10.3. The fourth-order valence-electron chi connectivity index (χ4n) is 3.15. The van der Waals surface area contributed by atoms with Crippen molar-refractivity contribution in [1.29, 1.82) is 0 Å². The van der Waals surface area contributed by atoms with Crippen molar-refractivity contribution in [3.05, 3.63) is 0 Å². The molecule has 2 saturated carbocycles. The standard InChI is InChI=1S/C13H24N2O/c1-13(7-2-3-8-13)15-12(16)10-5-4-6-11(14)9-10/h10-11H,2-9,14H2,1H3,(H,15,16). The molecule has 92 valence electrons. The Hall–Kier alpha value is -0.570. The molecule has 0 aromatic rings. The molecule has 0 aromatic carbocycles. The molecule has 2 aliphatic rings. The molecule has 1 amide bonds. The molecule has 3 N–H and O–H groups in total. The van der Waals surface area contributed by atoms with Gasteiger partial charge in [-0.3, -0.25) is 4.79 Å². The van der Waals surface area contributed by atoms with Gasteiger partial charge in [-0.2, -0.15) is 0 Å². The molecule has 0 radical (unpaired) electrons. The van der Waals surface area contributed by atoms with Crippen LogP contribution in [0.1, 0.15) is 58.3 Å². The van der Waals surface area contributed by atoms with Gasteiger partial charge in [0.2, 0.25) is 5.91 Å². The van der Waals surface area contributed by atoms with Gasteiger partial charge >= 0.3 is 0 Å². The van der Waals surface area contributed by atoms with Gasteiger partial charge in [0.25, 0.3) is 0 Å². The normalized spacial score (nSPS) is 33.6. The second-order valence-electron chi connectivity index (χ2n) is 5.88. The lowest BCUT2D eigenvalue weighted by molar-refractivity contribution is -0.127. The van der Waals surface area contributed by atoms with Gasteiger partial charge in [0, 0.05) is 17.5 Å². The molecule has 0 bridgehead atoms. The number of hydrogen-bond acceptors (Lipinski definition) is 2. The Bertz CT molecular complexity index is 259. The van der Waals surface area contributed by atoms with Gasteiger partial charge in [0.1, 0.15) is 0 Å². The summed E-state index contributed by atoms with van der Waals surface area (Å²) in [5, 5.41) is 3.25. The van der Waals surface area contributed by atoms with Gasteiger partial charge < -0.3 is 11.1 Å². The minimum absolute atomic E-state index is 0.0681. The topological polar surface area (TPSA) is 55.1 Å². The van der Waals surface area contributed by atoms with Gasteiger partial charge in [0.15, 0.2) is 0 Å². The maximum atomic E-state index is 12.1. The van der Waals surface area contributed by atoms with Crippen molar-refractivity contribution in [2.75, 3.05) is 0 Å². The van der Waals surface area contributed by atoms with Crippen LogP contribution in [0.25, 0.3) is 0 Å². The predicted octanol–water partition coefficient (Wildman–Crippen LogP) is 1.95. The minimum atomic E-state index is 0.0681. The Morgan fingerprint density at radius 1 is 1.25 bits per heavy atom. The van der Waals surface area contributed by atoms with Crippen LogP contribution in [0.15, 0.2) is 0 Å². The van der Waals surface area contributed by atoms with Crippen LogP contribution in [0.5, 0.6) is 0 Å². The average Bonchev–Trinajstić information content (AvgIpc) is 2.65. The maximum Gasteiger partial charge on any atom is 0.223 e. The monoisotopic (exact) mass is 224 g/mol. The fourth-order valence-corrected chi connectivity index (χ4v) is 3.15. The van der Waals surface area contributed by atoms with Crippen molar-refractivity contribution in [2.45, 2.75) is 69.9 Å². The Morgan fingerprint density at radius 3 is 2.56 bits per heavy atom. The van der Waals surface area contributed by atoms with Crippen LogP contribution in [0, 0.1) is 5.92 Å². The van der Waals surface area contributed by atoms with E-state index in [0.29, 0.717) is 0 Å². The fraction of sp³-hybridized carbons (Fsp3) is 0.923. The largest absolute Gasteiger partial charge is 0.351 e. The van der Waals surface area contributed by atoms with E-state index in [9.17, 15) is 4.79 Å². The maximum absolute atomic E-state index is 12.1. The number of nitrogens with two attached hydrogens (primary N) is 1. The van der Waals surface area contributed by atoms with Gasteiger partial charge in [0.05, 0.1) is 0 Å². The van der Waals surface area contributed by atoms with Crippen LogP contribution in [0.3, 0.4) is 0 Å². The molecule has 2 fully saturated rings. The van der Waals surface area contributed by atoms with E-state index in [2.05, 4.69) is 12.2 Å². The van der Waals surface area contributed by atoms with Crippen molar-refractivity contribution in [1.82, 2.24) is 5.32 Å². The Labute approximate surface area is 98.2 Å². The van der Waals surface area contributed by atoms with E-state index in [1.807, 2.05) is 0 Å². The first-order valence-corrected chi connectivity index (χ1v) is 6.67. The number of carbonyl (C=O) groups is 1. The molecule has 2 rings (SSSR count). The van der Waals surface area contributed by atoms with Crippen molar-refractivity contribution in [3.8, 4) is 0 Å². The third-order valence-electron chi connectivity index (χ3n) is 4.22. The smallest absolute Gasteiger partial charge is 0.223 e. The Morgan fingerprint density at radius 2 is 1.94 bits per heavy atom. The Kier molecular flexibility index (Phi) is 3.53. The van der Waals surface area contributed by atoms with E-state index in [-0.39, 0.29) is 23.4 Å². The summed E-state index contributed by atoms with van der Waals surface area (Å²) >= 11 is 0. The van der Waals surface area contributed by atoms with Crippen LogP contribution >= 0.6 is 0 Å². The molecule has 0 aliphatic heterocycles. The third kappa shape index (κ3) is 2.76. The molecular formula is C13H24N2O. The van der Waals surface area contributed by atoms with Crippen LogP contribution < -0.4 is 11.1 Å². The van der Waals surface area contributed by atoms with Crippen LogP contribution in [0.2, 0.25) is 0 Å². The first-order chi connectivity index (χ1) is 7.59. The Balaban J connectivity index is 1.87. The van der Waals surface area contributed by atoms with Gasteiger partial charge in [-0.15, -0.1) is 0 Å². The summed E-state index contributed by atoms with van der Waals surface area (Å²) in [4.78, 5) is 12.1. The van der Waals surface area contributed by atoms with E-state index < -0.39 is 0 Å². The van der Waals surface area contributed by atoms with Crippen molar-refractivity contribution < 1.29 is 4.79 Å². The number of rotatable bonds is 2. The predicted molar refractivity (Wildman–Crippen MR) is 64.9 cm³/mol. The molecule has 16 heavy (non-hydrogen) atoms. The van der Waals surface area contributed by atoms with Crippen molar-refractivity contribution in [3.63, 3.8) is 0 Å². The van der Waals surface area contributed by atoms with E-state index in [1.165, 1.54) is 12.8 Å². The van der Waals surface area contributed by atoms with E-state index in [1.54, 1.807) is 0 Å². The molecule has 3 nitrogen and oxygen atoms in total. The average molecular weight is 224 g/mol. The summed E-state index contributed by atoms with van der Waals surface area (Å²) < 4.78 is 0. The third-order valence-corrected chi connectivity index (χ3v) is 4.22. The SMILES string of the molecule is CC1(NC(=O)C2CCCC(N)C2)CCCC1. The quantitative estimate of drug-likeness (QED) is 0.753. The summed E-state index contributed by atoms with van der Waals surface area (Å²) in [6.45, 7) is 2.18. The molecule has 3 heteroatoms. The molecule has 2 atom stereocenters. The van der Waals surface area contributed by atoms with Gasteiger partial charge in [-0.25, -0.2) is 0 Å². The number of nitrogens with one attached hydrogen (secondary N) is 1. The highest BCUT2D eigenvalue weighted by Crippen LogP contribution is 2.30. The van der Waals surface area contributed by atoms with Crippen LogP contribution in [-0.2, 0) is 4.79 Å². The summed E-state index contributed by atoms with van der Waals surface area (Å²) in [7, 11) is 0. The second-order valence-corrected chi connectivity index (χ2v) is 5.88. The zero-order valence-electron chi connectivity index (χ0n) is 10.3.